The highest BCUT2D eigenvalue weighted by Gasteiger charge is 2.67. The highest BCUT2D eigenvalue weighted by molar-refractivity contribution is 5.85. The molecule has 13 atom stereocenters. The SMILES string of the molecule is CC1OC(OC2CCC3(C)C(CCC4C3CCC3(C)C(C5=CC(=O)OC5)CCC43O)C2)C(O)C(O)C1N. The first-order chi connectivity index (χ1) is 17.5. The second-order valence-electron chi connectivity index (χ2n) is 13.6. The van der Waals surface area contributed by atoms with E-state index < -0.39 is 30.1 Å². The van der Waals surface area contributed by atoms with E-state index in [4.69, 9.17) is 19.9 Å². The summed E-state index contributed by atoms with van der Waals surface area (Å²) in [6.45, 7) is 6.89. The molecule has 0 amide bonds. The Morgan fingerprint density at radius 1 is 1.03 bits per heavy atom. The summed E-state index contributed by atoms with van der Waals surface area (Å²) in [5.74, 6) is 1.21. The molecule has 1 saturated heterocycles. The molecule has 0 bridgehead atoms. The molecule has 6 rings (SSSR count). The summed E-state index contributed by atoms with van der Waals surface area (Å²) in [5.41, 5.74) is 6.24. The Labute approximate surface area is 219 Å². The first kappa shape index (κ1) is 26.2. The fraction of sp³-hybridized carbons (Fsp3) is 0.897. The quantitative estimate of drug-likeness (QED) is 0.330. The number of carbonyl (C=O) groups excluding carboxylic acids is 1. The van der Waals surface area contributed by atoms with Crippen LogP contribution in [-0.4, -0.2) is 70.2 Å². The van der Waals surface area contributed by atoms with Gasteiger partial charge in [0, 0.05) is 11.5 Å². The third kappa shape index (κ3) is 3.80. The van der Waals surface area contributed by atoms with Gasteiger partial charge in [-0.1, -0.05) is 13.8 Å². The molecule has 4 saturated carbocycles. The Bertz CT molecular complexity index is 957. The average molecular weight is 520 g/mol. The number of rotatable bonds is 3. The van der Waals surface area contributed by atoms with Crippen LogP contribution in [0.2, 0.25) is 0 Å². The summed E-state index contributed by atoms with van der Waals surface area (Å²) in [5, 5.41) is 33.2. The topological polar surface area (TPSA) is 131 Å². The predicted molar refractivity (Wildman–Crippen MR) is 135 cm³/mol. The van der Waals surface area contributed by atoms with Gasteiger partial charge in [-0.25, -0.2) is 4.79 Å². The van der Waals surface area contributed by atoms with Crippen LogP contribution in [0, 0.1) is 34.5 Å². The maximum Gasteiger partial charge on any atom is 0.331 e. The van der Waals surface area contributed by atoms with E-state index in [1.54, 1.807) is 13.0 Å². The van der Waals surface area contributed by atoms with Crippen molar-refractivity contribution in [2.75, 3.05) is 6.61 Å². The Morgan fingerprint density at radius 3 is 2.54 bits per heavy atom. The van der Waals surface area contributed by atoms with Gasteiger partial charge in [0.15, 0.2) is 6.29 Å². The molecule has 4 aliphatic carbocycles. The number of carbonyl (C=O) groups is 1. The van der Waals surface area contributed by atoms with Crippen LogP contribution >= 0.6 is 0 Å². The lowest BCUT2D eigenvalue weighted by Crippen LogP contribution is -2.63. The molecule has 0 aromatic heterocycles. The molecule has 13 unspecified atom stereocenters. The van der Waals surface area contributed by atoms with Gasteiger partial charge in [-0.2, -0.15) is 0 Å². The van der Waals surface area contributed by atoms with E-state index in [-0.39, 0.29) is 40.8 Å². The van der Waals surface area contributed by atoms with E-state index in [1.165, 1.54) is 0 Å². The molecule has 37 heavy (non-hydrogen) atoms. The predicted octanol–water partition coefficient (Wildman–Crippen LogP) is 2.42. The third-order valence-electron chi connectivity index (χ3n) is 12.2. The summed E-state index contributed by atoms with van der Waals surface area (Å²) in [4.78, 5) is 11.8. The van der Waals surface area contributed by atoms with Crippen molar-refractivity contribution in [3.8, 4) is 0 Å². The number of esters is 1. The maximum absolute atomic E-state index is 12.4. The van der Waals surface area contributed by atoms with E-state index in [1.807, 2.05) is 0 Å². The number of ether oxygens (including phenoxy) is 3. The smallest absolute Gasteiger partial charge is 0.331 e. The summed E-state index contributed by atoms with van der Waals surface area (Å²) in [7, 11) is 0. The number of hydrogen-bond acceptors (Lipinski definition) is 8. The summed E-state index contributed by atoms with van der Waals surface area (Å²) in [6.07, 6.45) is 6.88. The van der Waals surface area contributed by atoms with Crippen LogP contribution in [0.1, 0.15) is 78.6 Å². The number of hydrogen-bond donors (Lipinski definition) is 4. The molecule has 8 nitrogen and oxygen atoms in total. The van der Waals surface area contributed by atoms with Gasteiger partial charge in [0.25, 0.3) is 0 Å². The lowest BCUT2D eigenvalue weighted by molar-refractivity contribution is -0.291. The summed E-state index contributed by atoms with van der Waals surface area (Å²) in [6, 6.07) is -0.629. The van der Waals surface area contributed by atoms with Gasteiger partial charge in [-0.3, -0.25) is 0 Å². The van der Waals surface area contributed by atoms with Crippen LogP contribution in [-0.2, 0) is 19.0 Å². The van der Waals surface area contributed by atoms with Gasteiger partial charge in [0.05, 0.1) is 23.9 Å². The van der Waals surface area contributed by atoms with E-state index in [2.05, 4.69) is 13.8 Å². The van der Waals surface area contributed by atoms with E-state index in [0.29, 0.717) is 18.4 Å². The third-order valence-corrected chi connectivity index (χ3v) is 12.2. The molecule has 0 radical (unpaired) electrons. The summed E-state index contributed by atoms with van der Waals surface area (Å²) >= 11 is 0. The van der Waals surface area contributed by atoms with Gasteiger partial charge in [0.1, 0.15) is 18.8 Å². The minimum Gasteiger partial charge on any atom is -0.458 e. The number of aliphatic hydroxyl groups is 3. The lowest BCUT2D eigenvalue weighted by atomic mass is 9.43. The fourth-order valence-electron chi connectivity index (χ4n) is 9.85. The molecule has 5 fully saturated rings. The van der Waals surface area contributed by atoms with Crippen molar-refractivity contribution in [2.45, 2.75) is 121 Å². The average Bonchev–Trinajstić information content (AvgIpc) is 3.41. The standard InChI is InChI=1S/C29H45NO7/c1-15-23(30)24(32)25(33)26(36-15)37-18-6-9-27(2)17(13-18)4-5-21-20(27)7-10-28(3)19(8-11-29(21,28)34)16-12-22(31)35-14-16/h12,15,17-21,23-26,32-34H,4-11,13-14,30H2,1-3H3. The first-order valence-electron chi connectivity index (χ1n) is 14.5. The second kappa shape index (κ2) is 9.00. The summed E-state index contributed by atoms with van der Waals surface area (Å²) < 4.78 is 17.3. The Balaban J connectivity index is 1.16. The zero-order valence-electron chi connectivity index (χ0n) is 22.5. The van der Waals surface area contributed by atoms with Crippen molar-refractivity contribution in [2.24, 2.45) is 40.2 Å². The number of aliphatic hydroxyl groups excluding tert-OH is 2. The highest BCUT2D eigenvalue weighted by atomic mass is 16.7. The number of fused-ring (bicyclic) bond motifs is 5. The van der Waals surface area contributed by atoms with Crippen LogP contribution in [0.5, 0.6) is 0 Å². The second-order valence-corrected chi connectivity index (χ2v) is 13.6. The molecule has 0 spiro atoms. The van der Waals surface area contributed by atoms with E-state index in [9.17, 15) is 20.1 Å². The number of cyclic esters (lactones) is 1. The van der Waals surface area contributed by atoms with Crippen molar-refractivity contribution in [1.82, 2.24) is 0 Å². The van der Waals surface area contributed by atoms with Crippen molar-refractivity contribution in [3.63, 3.8) is 0 Å². The minimum absolute atomic E-state index is 0.0253. The molecule has 208 valence electrons. The zero-order chi connectivity index (χ0) is 26.3. The van der Waals surface area contributed by atoms with Gasteiger partial charge >= 0.3 is 5.97 Å². The molecule has 2 aliphatic heterocycles. The molecule has 5 N–H and O–H groups in total. The largest absolute Gasteiger partial charge is 0.458 e. The van der Waals surface area contributed by atoms with Gasteiger partial charge < -0.3 is 35.3 Å². The van der Waals surface area contributed by atoms with Crippen LogP contribution < -0.4 is 5.73 Å². The van der Waals surface area contributed by atoms with Crippen LogP contribution in [0.15, 0.2) is 11.6 Å². The molecular formula is C29H45NO7. The van der Waals surface area contributed by atoms with Gasteiger partial charge in [-0.15, -0.1) is 0 Å². The van der Waals surface area contributed by atoms with E-state index >= 15 is 0 Å². The Morgan fingerprint density at radius 2 is 1.81 bits per heavy atom. The normalized spacial score (nSPS) is 55.6. The maximum atomic E-state index is 12.4. The molecule has 2 heterocycles. The van der Waals surface area contributed by atoms with Crippen LogP contribution in [0.4, 0.5) is 0 Å². The van der Waals surface area contributed by atoms with Crippen LogP contribution in [0.3, 0.4) is 0 Å². The highest BCUT2D eigenvalue weighted by Crippen LogP contribution is 2.70. The van der Waals surface area contributed by atoms with Gasteiger partial charge in [-0.05, 0) is 99.4 Å². The molecule has 0 aromatic rings. The Hall–Kier alpha value is -1.03. The lowest BCUT2D eigenvalue weighted by Gasteiger charge is -2.64. The molecule has 6 aliphatic rings. The van der Waals surface area contributed by atoms with Crippen molar-refractivity contribution in [1.29, 1.82) is 0 Å². The zero-order valence-corrected chi connectivity index (χ0v) is 22.5. The fourth-order valence-corrected chi connectivity index (χ4v) is 9.85. The van der Waals surface area contributed by atoms with Crippen molar-refractivity contribution >= 4 is 5.97 Å². The van der Waals surface area contributed by atoms with E-state index in [0.717, 1.165) is 63.4 Å². The van der Waals surface area contributed by atoms with Crippen LogP contribution in [0.25, 0.3) is 0 Å². The first-order valence-corrected chi connectivity index (χ1v) is 14.5. The minimum atomic E-state index is -1.15. The molecule has 0 aromatic carbocycles. The van der Waals surface area contributed by atoms with Crippen molar-refractivity contribution in [3.05, 3.63) is 11.6 Å². The number of nitrogens with two attached hydrogens (primary N) is 1. The van der Waals surface area contributed by atoms with Gasteiger partial charge in [0.2, 0.25) is 0 Å². The molecular weight excluding hydrogens is 474 g/mol. The monoisotopic (exact) mass is 519 g/mol. The Kier molecular flexibility index (Phi) is 6.37. The van der Waals surface area contributed by atoms with Crippen molar-refractivity contribution < 1.29 is 34.3 Å². The molecule has 8 heteroatoms.